The van der Waals surface area contributed by atoms with Crippen molar-refractivity contribution in [1.82, 2.24) is 9.55 Å². The van der Waals surface area contributed by atoms with E-state index in [9.17, 15) is 4.79 Å². The van der Waals surface area contributed by atoms with E-state index in [-0.39, 0.29) is 6.61 Å². The Bertz CT molecular complexity index is 1210. The number of fused-ring (bicyclic) bond motifs is 4. The molecule has 3 aromatic carbocycles. The van der Waals surface area contributed by atoms with Gasteiger partial charge in [-0.1, -0.05) is 30.3 Å². The van der Waals surface area contributed by atoms with Crippen molar-refractivity contribution in [2.45, 2.75) is 13.2 Å². The maximum Gasteiger partial charge on any atom is 0.414 e. The van der Waals surface area contributed by atoms with E-state index in [0.717, 1.165) is 27.8 Å². The van der Waals surface area contributed by atoms with E-state index in [1.165, 1.54) is 4.90 Å². The molecule has 1 aromatic heterocycles. The van der Waals surface area contributed by atoms with Crippen molar-refractivity contribution < 1.29 is 14.3 Å². The van der Waals surface area contributed by atoms with Gasteiger partial charge in [-0.15, -0.1) is 0 Å². The van der Waals surface area contributed by atoms with Crippen LogP contribution in [0.15, 0.2) is 73.2 Å². The Morgan fingerprint density at radius 1 is 1.03 bits per heavy atom. The molecule has 0 unspecified atom stereocenters. The van der Waals surface area contributed by atoms with Crippen molar-refractivity contribution in [2.24, 2.45) is 0 Å². The summed E-state index contributed by atoms with van der Waals surface area (Å²) in [5.74, 6) is 1.43. The predicted molar refractivity (Wildman–Crippen MR) is 110 cm³/mol. The molecule has 0 radical (unpaired) electrons. The zero-order valence-corrected chi connectivity index (χ0v) is 15.9. The fourth-order valence-electron chi connectivity index (χ4n) is 3.51. The second kappa shape index (κ2) is 6.98. The van der Waals surface area contributed by atoms with E-state index >= 15 is 0 Å². The largest absolute Gasteiger partial charge is 0.457 e. The summed E-state index contributed by atoms with van der Waals surface area (Å²) < 4.78 is 13.7. The second-order valence-corrected chi connectivity index (χ2v) is 7.04. The molecule has 0 spiro atoms. The molecule has 0 saturated heterocycles. The molecule has 0 atom stereocenters. The number of ether oxygens (including phenoxy) is 2. The Morgan fingerprint density at radius 3 is 2.86 bits per heavy atom. The number of anilines is 1. The Hall–Kier alpha value is -3.80. The number of carbonyl (C=O) groups excluding carboxylic acids is 1. The Labute approximate surface area is 167 Å². The van der Waals surface area contributed by atoms with Gasteiger partial charge in [-0.05, 0) is 35.2 Å². The molecule has 6 nitrogen and oxygen atoms in total. The number of carbonyl (C=O) groups is 1. The van der Waals surface area contributed by atoms with Crippen LogP contribution in [0, 0.1) is 0 Å². The van der Waals surface area contributed by atoms with Gasteiger partial charge < -0.3 is 14.0 Å². The maximum absolute atomic E-state index is 12.5. The summed E-state index contributed by atoms with van der Waals surface area (Å²) >= 11 is 0. The molecule has 4 bridgehead atoms. The fourth-order valence-corrected chi connectivity index (χ4v) is 3.51. The molecule has 6 heteroatoms. The summed E-state index contributed by atoms with van der Waals surface area (Å²) in [5, 5.41) is 2.14. The van der Waals surface area contributed by atoms with Crippen molar-refractivity contribution in [3.8, 4) is 11.5 Å². The van der Waals surface area contributed by atoms with Gasteiger partial charge >= 0.3 is 6.09 Å². The maximum atomic E-state index is 12.5. The third kappa shape index (κ3) is 3.29. The van der Waals surface area contributed by atoms with Crippen LogP contribution < -0.4 is 9.64 Å². The predicted octanol–water partition coefficient (Wildman–Crippen LogP) is 4.96. The lowest BCUT2D eigenvalue weighted by atomic mass is 10.1. The van der Waals surface area contributed by atoms with E-state index in [0.29, 0.717) is 18.0 Å². The van der Waals surface area contributed by atoms with Gasteiger partial charge in [-0.2, -0.15) is 0 Å². The number of rotatable bonds is 0. The standard InChI is InChI=1S/C23H19N3O3/c1-25-18-5-3-6-20(11-18)29-22-7-2-4-17-9-8-16(10-21(17)22)13-26-15-24-12-19(26)14-28-23(25)27/h2-12,15H,13-14H2,1H3. The molecule has 0 saturated carbocycles. The van der Waals surface area contributed by atoms with E-state index in [1.807, 2.05) is 41.0 Å². The van der Waals surface area contributed by atoms with Crippen LogP contribution in [0.2, 0.25) is 0 Å². The van der Waals surface area contributed by atoms with Crippen molar-refractivity contribution in [1.29, 1.82) is 0 Å². The van der Waals surface area contributed by atoms with E-state index in [2.05, 4.69) is 29.2 Å². The SMILES string of the molecule is CN1C(=O)OCc2cncn2Cc2ccc3cccc(c3c2)Oc2cccc1c2. The van der Waals surface area contributed by atoms with Crippen LogP contribution in [0.3, 0.4) is 0 Å². The van der Waals surface area contributed by atoms with Crippen LogP contribution in [-0.2, 0) is 17.9 Å². The van der Waals surface area contributed by atoms with Gasteiger partial charge in [-0.25, -0.2) is 9.78 Å². The first kappa shape index (κ1) is 17.3. The van der Waals surface area contributed by atoms with Gasteiger partial charge in [0.05, 0.1) is 23.9 Å². The van der Waals surface area contributed by atoms with E-state index < -0.39 is 6.09 Å². The average molecular weight is 385 g/mol. The summed E-state index contributed by atoms with van der Waals surface area (Å²) in [5.41, 5.74) is 2.64. The Kier molecular flexibility index (Phi) is 4.17. The lowest BCUT2D eigenvalue weighted by molar-refractivity contribution is 0.146. The molecule has 0 fully saturated rings. The lowest BCUT2D eigenvalue weighted by Crippen LogP contribution is -2.27. The highest BCUT2D eigenvalue weighted by molar-refractivity contribution is 5.89. The van der Waals surface area contributed by atoms with Gasteiger partial charge in [0.1, 0.15) is 18.1 Å². The number of hydrogen-bond donors (Lipinski definition) is 0. The van der Waals surface area contributed by atoms with E-state index in [1.54, 1.807) is 19.6 Å². The van der Waals surface area contributed by atoms with Crippen LogP contribution >= 0.6 is 0 Å². The zero-order valence-electron chi connectivity index (χ0n) is 15.9. The number of cyclic esters (lactones) is 1. The van der Waals surface area contributed by atoms with Gasteiger partial charge in [0.25, 0.3) is 0 Å². The van der Waals surface area contributed by atoms with Crippen LogP contribution in [0.25, 0.3) is 10.8 Å². The van der Waals surface area contributed by atoms with Crippen molar-refractivity contribution in [3.05, 3.63) is 84.4 Å². The number of imidazole rings is 1. The summed E-state index contributed by atoms with van der Waals surface area (Å²) in [4.78, 5) is 18.2. The van der Waals surface area contributed by atoms with Gasteiger partial charge in [0, 0.05) is 25.0 Å². The number of amides is 1. The molecule has 0 N–H and O–H groups in total. The molecule has 1 aliphatic rings. The Morgan fingerprint density at radius 2 is 1.93 bits per heavy atom. The summed E-state index contributed by atoms with van der Waals surface area (Å²) in [6, 6.07) is 19.7. The van der Waals surface area contributed by atoms with Crippen LogP contribution in [-0.4, -0.2) is 22.7 Å². The summed E-state index contributed by atoms with van der Waals surface area (Å²) in [7, 11) is 1.68. The Balaban J connectivity index is 1.66. The highest BCUT2D eigenvalue weighted by Gasteiger charge is 2.16. The van der Waals surface area contributed by atoms with Gasteiger partial charge in [-0.3, -0.25) is 4.90 Å². The summed E-state index contributed by atoms with van der Waals surface area (Å²) in [6.07, 6.45) is 3.04. The minimum atomic E-state index is -0.438. The minimum Gasteiger partial charge on any atom is -0.457 e. The molecule has 2 heterocycles. The van der Waals surface area contributed by atoms with E-state index in [4.69, 9.17) is 9.47 Å². The first-order valence-corrected chi connectivity index (χ1v) is 9.36. The van der Waals surface area contributed by atoms with Crippen molar-refractivity contribution in [3.63, 3.8) is 0 Å². The quantitative estimate of drug-likeness (QED) is 0.429. The first-order valence-electron chi connectivity index (χ1n) is 9.36. The van der Waals surface area contributed by atoms with Crippen LogP contribution in [0.5, 0.6) is 11.5 Å². The third-order valence-corrected chi connectivity index (χ3v) is 5.11. The second-order valence-electron chi connectivity index (χ2n) is 7.04. The molecule has 1 aliphatic heterocycles. The molecule has 144 valence electrons. The third-order valence-electron chi connectivity index (χ3n) is 5.11. The highest BCUT2D eigenvalue weighted by Crippen LogP contribution is 2.32. The number of aromatic nitrogens is 2. The molecular weight excluding hydrogens is 366 g/mol. The molecule has 4 aromatic rings. The lowest BCUT2D eigenvalue weighted by Gasteiger charge is -2.18. The van der Waals surface area contributed by atoms with Crippen molar-refractivity contribution >= 4 is 22.6 Å². The van der Waals surface area contributed by atoms with Crippen LogP contribution in [0.1, 0.15) is 11.3 Å². The topological polar surface area (TPSA) is 56.6 Å². The fraction of sp³-hybridized carbons (Fsp3) is 0.130. The smallest absolute Gasteiger partial charge is 0.414 e. The molecule has 5 rings (SSSR count). The zero-order chi connectivity index (χ0) is 19.8. The molecule has 1 amide bonds. The molecule has 0 aliphatic carbocycles. The number of nitrogens with zero attached hydrogens (tertiary/aromatic N) is 3. The highest BCUT2D eigenvalue weighted by atomic mass is 16.6. The first-order chi connectivity index (χ1) is 14.2. The van der Waals surface area contributed by atoms with Crippen molar-refractivity contribution in [2.75, 3.05) is 11.9 Å². The average Bonchev–Trinajstić information content (AvgIpc) is 3.18. The molecular formula is C23H19N3O3. The van der Waals surface area contributed by atoms with Crippen LogP contribution in [0.4, 0.5) is 10.5 Å². The van der Waals surface area contributed by atoms with Gasteiger partial charge in [0.15, 0.2) is 0 Å². The minimum absolute atomic E-state index is 0.151. The number of benzene rings is 3. The van der Waals surface area contributed by atoms with Gasteiger partial charge in [0.2, 0.25) is 0 Å². The normalized spacial score (nSPS) is 14.0. The summed E-state index contributed by atoms with van der Waals surface area (Å²) in [6.45, 7) is 0.777. The monoisotopic (exact) mass is 385 g/mol. The number of hydrogen-bond acceptors (Lipinski definition) is 4. The molecule has 29 heavy (non-hydrogen) atoms.